The molecule has 6 nitrogen and oxygen atoms in total. The van der Waals surface area contributed by atoms with Crippen molar-refractivity contribution in [2.45, 2.75) is 19.4 Å². The van der Waals surface area contributed by atoms with Gasteiger partial charge in [-0.05, 0) is 26.0 Å². The van der Waals surface area contributed by atoms with Gasteiger partial charge in [-0.1, -0.05) is 0 Å². The first-order valence-corrected chi connectivity index (χ1v) is 6.27. The van der Waals surface area contributed by atoms with Crippen LogP contribution in [-0.2, 0) is 4.74 Å². The lowest BCUT2D eigenvalue weighted by Crippen LogP contribution is -2.37. The Bertz CT molecular complexity index is 603. The Hall–Kier alpha value is -2.24. The molecule has 1 aromatic heterocycles. The lowest BCUT2D eigenvalue weighted by molar-refractivity contribution is 0.0600. The number of nitrogens with zero attached hydrogens (tertiary/aromatic N) is 4. The summed E-state index contributed by atoms with van der Waals surface area (Å²) in [5.74, 6) is 0.843. The first kappa shape index (κ1) is 14.2. The second-order valence-corrected chi connectivity index (χ2v) is 5.22. The van der Waals surface area contributed by atoms with E-state index in [9.17, 15) is 4.79 Å². The zero-order valence-corrected chi connectivity index (χ0v) is 12.3. The van der Waals surface area contributed by atoms with Crippen LogP contribution in [0.3, 0.4) is 0 Å². The third kappa shape index (κ3) is 2.41. The van der Waals surface area contributed by atoms with Gasteiger partial charge in [0.15, 0.2) is 5.84 Å². The third-order valence-electron chi connectivity index (χ3n) is 2.99. The molecule has 0 aliphatic carbocycles. The molecule has 2 rings (SSSR count). The van der Waals surface area contributed by atoms with E-state index in [1.165, 1.54) is 7.11 Å². The zero-order chi connectivity index (χ0) is 14.9. The number of hydrogen-bond acceptors (Lipinski definition) is 6. The van der Waals surface area contributed by atoms with Crippen LogP contribution in [0.25, 0.3) is 0 Å². The molecule has 0 N–H and O–H groups in total. The van der Waals surface area contributed by atoms with E-state index in [0.717, 1.165) is 5.84 Å². The van der Waals surface area contributed by atoms with Crippen molar-refractivity contribution in [3.63, 3.8) is 0 Å². The van der Waals surface area contributed by atoms with E-state index >= 15 is 0 Å². The number of aliphatic imine (C=N–C) groups is 2. The number of amidine groups is 2. The lowest BCUT2D eigenvalue weighted by atomic mass is 10.1. The van der Waals surface area contributed by atoms with Gasteiger partial charge in [-0.25, -0.2) is 9.79 Å². The van der Waals surface area contributed by atoms with Crippen LogP contribution < -0.4 is 0 Å². The molecular weight excluding hydrogens is 256 g/mol. The quantitative estimate of drug-likeness (QED) is 0.764. The van der Waals surface area contributed by atoms with Gasteiger partial charge in [0.05, 0.1) is 12.7 Å². The highest BCUT2D eigenvalue weighted by Crippen LogP contribution is 2.23. The Morgan fingerprint density at radius 3 is 2.60 bits per heavy atom. The van der Waals surface area contributed by atoms with Gasteiger partial charge in [0.1, 0.15) is 17.1 Å². The van der Waals surface area contributed by atoms with Crippen LogP contribution in [0.2, 0.25) is 0 Å². The summed E-state index contributed by atoms with van der Waals surface area (Å²) < 4.78 is 4.77. The molecule has 1 aliphatic rings. The molecule has 0 atom stereocenters. The Morgan fingerprint density at radius 1 is 1.35 bits per heavy atom. The van der Waals surface area contributed by atoms with E-state index in [1.54, 1.807) is 18.3 Å². The van der Waals surface area contributed by atoms with Crippen molar-refractivity contribution in [1.82, 2.24) is 9.88 Å². The molecule has 2 heterocycles. The van der Waals surface area contributed by atoms with E-state index < -0.39 is 11.5 Å². The van der Waals surface area contributed by atoms with Gasteiger partial charge < -0.3 is 9.64 Å². The molecule has 0 aromatic carbocycles. The summed E-state index contributed by atoms with van der Waals surface area (Å²) in [6.07, 6.45) is 1.61. The van der Waals surface area contributed by atoms with Crippen LogP contribution in [0.4, 0.5) is 0 Å². The predicted molar refractivity (Wildman–Crippen MR) is 77.3 cm³/mol. The van der Waals surface area contributed by atoms with E-state index in [4.69, 9.17) is 4.74 Å². The van der Waals surface area contributed by atoms with Crippen LogP contribution in [-0.4, -0.2) is 54.3 Å². The fourth-order valence-electron chi connectivity index (χ4n) is 2.19. The van der Waals surface area contributed by atoms with Crippen molar-refractivity contribution in [3.8, 4) is 0 Å². The fraction of sp³-hybridized carbons (Fsp3) is 0.429. The highest BCUT2D eigenvalue weighted by molar-refractivity contribution is 6.16. The molecule has 0 unspecified atom stereocenters. The van der Waals surface area contributed by atoms with Gasteiger partial charge in [0.2, 0.25) is 0 Å². The Labute approximate surface area is 118 Å². The topological polar surface area (TPSA) is 67.2 Å². The van der Waals surface area contributed by atoms with Gasteiger partial charge in [-0.3, -0.25) is 9.98 Å². The van der Waals surface area contributed by atoms with Crippen LogP contribution in [0.15, 0.2) is 28.3 Å². The minimum atomic E-state index is -0.442. The van der Waals surface area contributed by atoms with Gasteiger partial charge in [0, 0.05) is 20.3 Å². The number of aromatic nitrogens is 1. The fourth-order valence-corrected chi connectivity index (χ4v) is 2.19. The average molecular weight is 274 g/mol. The maximum atomic E-state index is 11.8. The molecule has 6 heteroatoms. The van der Waals surface area contributed by atoms with Crippen molar-refractivity contribution >= 4 is 17.6 Å². The first-order chi connectivity index (χ1) is 9.36. The maximum absolute atomic E-state index is 11.8. The summed E-state index contributed by atoms with van der Waals surface area (Å²) in [6, 6.07) is 3.35. The maximum Gasteiger partial charge on any atom is 0.340 e. The second kappa shape index (κ2) is 5.03. The van der Waals surface area contributed by atoms with Crippen molar-refractivity contribution < 1.29 is 9.53 Å². The molecular formula is C14H18N4O2. The third-order valence-corrected chi connectivity index (χ3v) is 2.99. The number of methoxy groups -OCH3 is 1. The smallest absolute Gasteiger partial charge is 0.340 e. The van der Waals surface area contributed by atoms with Gasteiger partial charge in [0.25, 0.3) is 0 Å². The molecule has 20 heavy (non-hydrogen) atoms. The van der Waals surface area contributed by atoms with Gasteiger partial charge in [-0.2, -0.15) is 0 Å². The molecule has 0 fully saturated rings. The molecule has 0 bridgehead atoms. The Balaban J connectivity index is 2.52. The molecule has 0 saturated heterocycles. The van der Waals surface area contributed by atoms with Crippen molar-refractivity contribution in [2.75, 3.05) is 21.2 Å². The number of carbonyl (C=O) groups excluding carboxylic acids is 1. The standard InChI is InChI=1S/C14H18N4O2/c1-14(2)13(18(3)4)16-11(17-14)10-9(12(19)20-5)7-6-8-15-10/h6-8H,1-5H3. The number of pyridine rings is 1. The Morgan fingerprint density at radius 2 is 2.05 bits per heavy atom. The van der Waals surface area contributed by atoms with Crippen LogP contribution in [0, 0.1) is 0 Å². The summed E-state index contributed by atoms with van der Waals surface area (Å²) in [6.45, 7) is 3.94. The van der Waals surface area contributed by atoms with Crippen molar-refractivity contribution in [1.29, 1.82) is 0 Å². The number of carbonyl (C=O) groups is 1. The molecule has 1 aromatic rings. The predicted octanol–water partition coefficient (Wildman–Crippen LogP) is 1.37. The van der Waals surface area contributed by atoms with Gasteiger partial charge >= 0.3 is 5.97 Å². The molecule has 106 valence electrons. The van der Waals surface area contributed by atoms with Crippen molar-refractivity contribution in [2.24, 2.45) is 9.98 Å². The number of rotatable bonds is 2. The van der Waals surface area contributed by atoms with E-state index in [-0.39, 0.29) is 0 Å². The van der Waals surface area contributed by atoms with Crippen LogP contribution in [0.5, 0.6) is 0 Å². The SMILES string of the molecule is COC(=O)c1cccnc1C1=NC(C)(C)C(N(C)C)=N1. The summed E-state index contributed by atoms with van der Waals surface area (Å²) in [5.41, 5.74) is 0.376. The zero-order valence-electron chi connectivity index (χ0n) is 12.3. The highest BCUT2D eigenvalue weighted by atomic mass is 16.5. The lowest BCUT2D eigenvalue weighted by Gasteiger charge is -2.23. The number of likely N-dealkylation sites (N-methyl/N-ethyl adjacent to an activating group) is 1. The minimum Gasteiger partial charge on any atom is -0.465 e. The second-order valence-electron chi connectivity index (χ2n) is 5.22. The van der Waals surface area contributed by atoms with Gasteiger partial charge in [-0.15, -0.1) is 0 Å². The average Bonchev–Trinajstić information content (AvgIpc) is 2.73. The highest BCUT2D eigenvalue weighted by Gasteiger charge is 2.34. The normalized spacial score (nSPS) is 16.4. The number of esters is 1. The van der Waals surface area contributed by atoms with E-state index in [2.05, 4.69) is 15.0 Å². The van der Waals surface area contributed by atoms with E-state index in [1.807, 2.05) is 32.8 Å². The Kier molecular flexibility index (Phi) is 3.57. The summed E-state index contributed by atoms with van der Waals surface area (Å²) in [5, 5.41) is 0. The molecule has 0 saturated carbocycles. The summed E-state index contributed by atoms with van der Waals surface area (Å²) in [7, 11) is 5.17. The summed E-state index contributed by atoms with van der Waals surface area (Å²) in [4.78, 5) is 27.0. The monoisotopic (exact) mass is 274 g/mol. The van der Waals surface area contributed by atoms with Crippen LogP contribution in [0.1, 0.15) is 29.9 Å². The largest absolute Gasteiger partial charge is 0.465 e. The number of hydrogen-bond donors (Lipinski definition) is 0. The van der Waals surface area contributed by atoms with Crippen molar-refractivity contribution in [3.05, 3.63) is 29.6 Å². The van der Waals surface area contributed by atoms with E-state index in [0.29, 0.717) is 17.1 Å². The first-order valence-electron chi connectivity index (χ1n) is 6.27. The van der Waals surface area contributed by atoms with Crippen LogP contribution >= 0.6 is 0 Å². The minimum absolute atomic E-state index is 0.369. The number of ether oxygens (including phenoxy) is 1. The summed E-state index contributed by atoms with van der Waals surface area (Å²) >= 11 is 0. The molecule has 1 aliphatic heterocycles. The molecule has 0 amide bonds. The molecule has 0 spiro atoms. The molecule has 0 radical (unpaired) electrons.